The Hall–Kier alpha value is -1.95. The number of carbonyl (C=O) groups is 1. The van der Waals surface area contributed by atoms with E-state index in [1.807, 2.05) is 19.2 Å². The molecule has 19 heavy (non-hydrogen) atoms. The standard InChI is InChI=1S/C13H17N5O/c1-9-4-6-18-12(17-9)11(8-16-18)13(19)15-7-10-3-2-5-14-10/h4,6,8,10,14H,2-3,5,7H2,1H3,(H,15,19). The average molecular weight is 259 g/mol. The molecule has 3 heterocycles. The Morgan fingerprint density at radius 3 is 3.32 bits per heavy atom. The van der Waals surface area contributed by atoms with Crippen LogP contribution < -0.4 is 10.6 Å². The van der Waals surface area contributed by atoms with E-state index in [2.05, 4.69) is 20.7 Å². The minimum Gasteiger partial charge on any atom is -0.350 e. The number of nitrogens with one attached hydrogen (secondary N) is 2. The van der Waals surface area contributed by atoms with Crippen molar-refractivity contribution < 1.29 is 4.79 Å². The van der Waals surface area contributed by atoms with Crippen molar-refractivity contribution in [3.8, 4) is 0 Å². The van der Waals surface area contributed by atoms with Gasteiger partial charge in [-0.3, -0.25) is 4.79 Å². The molecule has 1 fully saturated rings. The maximum atomic E-state index is 12.2. The van der Waals surface area contributed by atoms with Crippen LogP contribution in [0.1, 0.15) is 28.9 Å². The predicted octanol–water partition coefficient (Wildman–Crippen LogP) is 0.520. The van der Waals surface area contributed by atoms with Gasteiger partial charge in [0.25, 0.3) is 5.91 Å². The molecule has 0 aromatic carbocycles. The molecule has 1 amide bonds. The number of aromatic nitrogens is 3. The van der Waals surface area contributed by atoms with Gasteiger partial charge in [-0.25, -0.2) is 9.50 Å². The van der Waals surface area contributed by atoms with Crippen molar-refractivity contribution in [1.82, 2.24) is 25.2 Å². The Morgan fingerprint density at radius 2 is 2.53 bits per heavy atom. The highest BCUT2D eigenvalue weighted by atomic mass is 16.1. The van der Waals surface area contributed by atoms with E-state index < -0.39 is 0 Å². The predicted molar refractivity (Wildman–Crippen MR) is 71.1 cm³/mol. The summed E-state index contributed by atoms with van der Waals surface area (Å²) < 4.78 is 1.62. The van der Waals surface area contributed by atoms with E-state index in [0.29, 0.717) is 23.8 Å². The van der Waals surface area contributed by atoms with Crippen molar-refractivity contribution in [3.63, 3.8) is 0 Å². The first-order valence-corrected chi connectivity index (χ1v) is 6.56. The number of fused-ring (bicyclic) bond motifs is 1. The molecular weight excluding hydrogens is 242 g/mol. The van der Waals surface area contributed by atoms with E-state index in [0.717, 1.165) is 18.7 Å². The zero-order valence-electron chi connectivity index (χ0n) is 10.9. The number of hydrogen-bond donors (Lipinski definition) is 2. The maximum absolute atomic E-state index is 12.2. The normalized spacial score (nSPS) is 18.9. The summed E-state index contributed by atoms with van der Waals surface area (Å²) in [6, 6.07) is 2.25. The third-order valence-corrected chi connectivity index (χ3v) is 3.42. The number of nitrogens with zero attached hydrogens (tertiary/aromatic N) is 3. The lowest BCUT2D eigenvalue weighted by Crippen LogP contribution is -2.37. The van der Waals surface area contributed by atoms with Gasteiger partial charge >= 0.3 is 0 Å². The Bertz CT molecular complexity index is 600. The van der Waals surface area contributed by atoms with Crippen LogP contribution in [-0.4, -0.2) is 39.6 Å². The van der Waals surface area contributed by atoms with Crippen LogP contribution in [0.15, 0.2) is 18.5 Å². The Morgan fingerprint density at radius 1 is 1.63 bits per heavy atom. The van der Waals surface area contributed by atoms with Crippen LogP contribution in [0.4, 0.5) is 0 Å². The quantitative estimate of drug-likeness (QED) is 0.843. The summed E-state index contributed by atoms with van der Waals surface area (Å²) >= 11 is 0. The molecule has 0 spiro atoms. The highest BCUT2D eigenvalue weighted by molar-refractivity contribution is 5.99. The fourth-order valence-corrected chi connectivity index (χ4v) is 2.36. The largest absolute Gasteiger partial charge is 0.350 e. The minimum absolute atomic E-state index is 0.109. The van der Waals surface area contributed by atoms with Gasteiger partial charge in [-0.15, -0.1) is 0 Å². The van der Waals surface area contributed by atoms with E-state index in [1.54, 1.807) is 10.7 Å². The Kier molecular flexibility index (Phi) is 3.16. The smallest absolute Gasteiger partial charge is 0.256 e. The van der Waals surface area contributed by atoms with Crippen molar-refractivity contribution in [2.45, 2.75) is 25.8 Å². The number of amides is 1. The molecular formula is C13H17N5O. The monoisotopic (exact) mass is 259 g/mol. The SMILES string of the molecule is Cc1ccn2ncc(C(=O)NCC3CCCN3)c2n1. The molecule has 0 aliphatic carbocycles. The van der Waals surface area contributed by atoms with Crippen molar-refractivity contribution in [1.29, 1.82) is 0 Å². The first kappa shape index (κ1) is 12.1. The second kappa shape index (κ2) is 4.97. The first-order valence-electron chi connectivity index (χ1n) is 6.56. The van der Waals surface area contributed by atoms with Gasteiger partial charge in [-0.05, 0) is 32.4 Å². The van der Waals surface area contributed by atoms with Crippen molar-refractivity contribution >= 4 is 11.6 Å². The lowest BCUT2D eigenvalue weighted by atomic mass is 10.2. The molecule has 100 valence electrons. The first-order chi connectivity index (χ1) is 9.24. The van der Waals surface area contributed by atoms with E-state index in [1.165, 1.54) is 6.42 Å². The molecule has 6 nitrogen and oxygen atoms in total. The summed E-state index contributed by atoms with van der Waals surface area (Å²) in [7, 11) is 0. The Balaban J connectivity index is 1.75. The van der Waals surface area contributed by atoms with E-state index in [-0.39, 0.29) is 5.91 Å². The van der Waals surface area contributed by atoms with Crippen LogP contribution in [0.2, 0.25) is 0 Å². The van der Waals surface area contributed by atoms with Gasteiger partial charge in [0.2, 0.25) is 0 Å². The number of rotatable bonds is 3. The van der Waals surface area contributed by atoms with Crippen LogP contribution >= 0.6 is 0 Å². The second-order valence-corrected chi connectivity index (χ2v) is 4.90. The molecule has 0 bridgehead atoms. The molecule has 1 aliphatic heterocycles. The molecule has 1 unspecified atom stereocenters. The molecule has 1 saturated heterocycles. The zero-order valence-corrected chi connectivity index (χ0v) is 10.9. The van der Waals surface area contributed by atoms with Crippen molar-refractivity contribution in [3.05, 3.63) is 29.7 Å². The number of hydrogen-bond acceptors (Lipinski definition) is 4. The van der Waals surface area contributed by atoms with Gasteiger partial charge in [-0.2, -0.15) is 5.10 Å². The van der Waals surface area contributed by atoms with Gasteiger partial charge in [0.05, 0.1) is 6.20 Å². The zero-order chi connectivity index (χ0) is 13.2. The third-order valence-electron chi connectivity index (χ3n) is 3.42. The second-order valence-electron chi connectivity index (χ2n) is 4.90. The van der Waals surface area contributed by atoms with E-state index >= 15 is 0 Å². The van der Waals surface area contributed by atoms with Crippen LogP contribution in [0.25, 0.3) is 5.65 Å². The lowest BCUT2D eigenvalue weighted by molar-refractivity contribution is 0.0952. The molecule has 2 aromatic rings. The van der Waals surface area contributed by atoms with Gasteiger partial charge in [0.1, 0.15) is 5.56 Å². The number of aryl methyl sites for hydroxylation is 1. The molecule has 2 aromatic heterocycles. The topological polar surface area (TPSA) is 71.3 Å². The fraction of sp³-hybridized carbons (Fsp3) is 0.462. The summed E-state index contributed by atoms with van der Waals surface area (Å²) in [5.74, 6) is -0.109. The molecule has 3 rings (SSSR count). The van der Waals surface area contributed by atoms with Crippen LogP contribution in [0, 0.1) is 6.92 Å². The average Bonchev–Trinajstić information content (AvgIpc) is 3.04. The Labute approximate surface area is 111 Å². The molecule has 2 N–H and O–H groups in total. The molecule has 0 saturated carbocycles. The summed E-state index contributed by atoms with van der Waals surface area (Å²) in [5.41, 5.74) is 2.01. The van der Waals surface area contributed by atoms with E-state index in [9.17, 15) is 4.79 Å². The van der Waals surface area contributed by atoms with Crippen molar-refractivity contribution in [2.24, 2.45) is 0 Å². The minimum atomic E-state index is -0.109. The van der Waals surface area contributed by atoms with Gasteiger partial charge < -0.3 is 10.6 Å². The van der Waals surface area contributed by atoms with E-state index in [4.69, 9.17) is 0 Å². The summed E-state index contributed by atoms with van der Waals surface area (Å²) in [6.45, 7) is 3.59. The van der Waals surface area contributed by atoms with Gasteiger partial charge in [0, 0.05) is 24.5 Å². The molecule has 0 radical (unpaired) electrons. The summed E-state index contributed by atoms with van der Waals surface area (Å²) in [4.78, 5) is 16.5. The molecule has 1 aliphatic rings. The molecule has 6 heteroatoms. The highest BCUT2D eigenvalue weighted by Gasteiger charge is 2.17. The van der Waals surface area contributed by atoms with Crippen LogP contribution in [-0.2, 0) is 0 Å². The van der Waals surface area contributed by atoms with Gasteiger partial charge in [0.15, 0.2) is 5.65 Å². The number of carbonyl (C=O) groups excluding carboxylic acids is 1. The highest BCUT2D eigenvalue weighted by Crippen LogP contribution is 2.09. The summed E-state index contributed by atoms with van der Waals surface area (Å²) in [6.07, 6.45) is 5.68. The van der Waals surface area contributed by atoms with Crippen LogP contribution in [0.5, 0.6) is 0 Å². The fourth-order valence-electron chi connectivity index (χ4n) is 2.36. The summed E-state index contributed by atoms with van der Waals surface area (Å²) in [5, 5.41) is 10.4. The van der Waals surface area contributed by atoms with Crippen molar-refractivity contribution in [2.75, 3.05) is 13.1 Å². The maximum Gasteiger partial charge on any atom is 0.256 e. The van der Waals surface area contributed by atoms with Crippen LogP contribution in [0.3, 0.4) is 0 Å². The lowest BCUT2D eigenvalue weighted by Gasteiger charge is -2.10. The third kappa shape index (κ3) is 2.44. The van der Waals surface area contributed by atoms with Gasteiger partial charge in [-0.1, -0.05) is 0 Å². The molecule has 1 atom stereocenters.